The van der Waals surface area contributed by atoms with Gasteiger partial charge in [-0.2, -0.15) is 13.2 Å². The largest absolute Gasteiger partial charge is 0.409 e. The summed E-state index contributed by atoms with van der Waals surface area (Å²) in [7, 11) is 0. The van der Waals surface area contributed by atoms with Gasteiger partial charge >= 0.3 is 6.18 Å². The van der Waals surface area contributed by atoms with Gasteiger partial charge in [0.1, 0.15) is 0 Å². The fourth-order valence-electron chi connectivity index (χ4n) is 5.27. The number of benzene rings is 1. The molecule has 2 aliphatic carbocycles. The van der Waals surface area contributed by atoms with E-state index in [1.54, 1.807) is 0 Å². The third-order valence-corrected chi connectivity index (χ3v) is 7.23. The molecule has 0 bridgehead atoms. The SMILES string of the molecule is CCCCCCO[C@H]1CC[C@H](c2ccc([C@H]3CC[C@H](C=CC(F)(F)F)CC3)cc2)CC1. The number of hydrogen-bond donors (Lipinski definition) is 0. The highest BCUT2D eigenvalue weighted by molar-refractivity contribution is 5.28. The lowest BCUT2D eigenvalue weighted by atomic mass is 9.77. The molecule has 1 aromatic rings. The van der Waals surface area contributed by atoms with E-state index in [4.69, 9.17) is 4.74 Å². The molecule has 0 saturated heterocycles. The molecule has 0 unspecified atom stereocenters. The second-order valence-corrected chi connectivity index (χ2v) is 9.58. The van der Waals surface area contributed by atoms with Gasteiger partial charge in [-0.25, -0.2) is 0 Å². The second-order valence-electron chi connectivity index (χ2n) is 9.58. The molecule has 0 heterocycles. The molecule has 174 valence electrons. The Morgan fingerprint density at radius 2 is 1.35 bits per heavy atom. The Morgan fingerprint density at radius 3 is 1.87 bits per heavy atom. The van der Waals surface area contributed by atoms with Crippen LogP contribution in [0.15, 0.2) is 36.4 Å². The molecule has 31 heavy (non-hydrogen) atoms. The van der Waals surface area contributed by atoms with Gasteiger partial charge in [0.05, 0.1) is 6.10 Å². The van der Waals surface area contributed by atoms with Crippen LogP contribution in [0, 0.1) is 5.92 Å². The highest BCUT2D eigenvalue weighted by Crippen LogP contribution is 2.39. The van der Waals surface area contributed by atoms with Crippen molar-refractivity contribution in [3.63, 3.8) is 0 Å². The van der Waals surface area contributed by atoms with Crippen molar-refractivity contribution in [2.24, 2.45) is 5.92 Å². The number of unbranched alkanes of at least 4 members (excludes halogenated alkanes) is 3. The minimum atomic E-state index is -4.19. The van der Waals surface area contributed by atoms with Crippen LogP contribution < -0.4 is 0 Å². The lowest BCUT2D eigenvalue weighted by Gasteiger charge is -2.30. The summed E-state index contributed by atoms with van der Waals surface area (Å²) in [6, 6.07) is 9.12. The van der Waals surface area contributed by atoms with Gasteiger partial charge in [0.25, 0.3) is 0 Å². The van der Waals surface area contributed by atoms with Gasteiger partial charge < -0.3 is 4.74 Å². The summed E-state index contributed by atoms with van der Waals surface area (Å²) in [5.74, 6) is 1.19. The molecular weight excluding hydrogens is 397 g/mol. The molecule has 1 nitrogen and oxygen atoms in total. The average Bonchev–Trinajstić information content (AvgIpc) is 2.78. The molecule has 0 radical (unpaired) electrons. The monoisotopic (exact) mass is 436 g/mol. The zero-order valence-electron chi connectivity index (χ0n) is 19.0. The van der Waals surface area contributed by atoms with Gasteiger partial charge in [0.2, 0.25) is 0 Å². The highest BCUT2D eigenvalue weighted by atomic mass is 19.4. The van der Waals surface area contributed by atoms with Crippen LogP contribution in [0.5, 0.6) is 0 Å². The number of halogens is 3. The maximum atomic E-state index is 12.4. The Bertz CT molecular complexity index is 648. The second kappa shape index (κ2) is 12.1. The first-order chi connectivity index (χ1) is 14.9. The van der Waals surface area contributed by atoms with Crippen molar-refractivity contribution >= 4 is 0 Å². The summed E-state index contributed by atoms with van der Waals surface area (Å²) in [5, 5.41) is 0. The van der Waals surface area contributed by atoms with Crippen LogP contribution in [0.3, 0.4) is 0 Å². The number of rotatable bonds is 9. The van der Waals surface area contributed by atoms with E-state index < -0.39 is 6.18 Å². The average molecular weight is 437 g/mol. The molecule has 4 heteroatoms. The molecule has 0 N–H and O–H groups in total. The van der Waals surface area contributed by atoms with Crippen LogP contribution in [0.2, 0.25) is 0 Å². The van der Waals surface area contributed by atoms with Gasteiger partial charge in [-0.15, -0.1) is 0 Å². The fraction of sp³-hybridized carbons (Fsp3) is 0.704. The normalized spacial score (nSPS) is 27.6. The van der Waals surface area contributed by atoms with Gasteiger partial charge in [0, 0.05) is 12.7 Å². The third kappa shape index (κ3) is 8.29. The molecular formula is C27H39F3O. The maximum Gasteiger partial charge on any atom is 0.409 e. The van der Waals surface area contributed by atoms with E-state index in [-0.39, 0.29) is 5.92 Å². The van der Waals surface area contributed by atoms with Crippen LogP contribution in [0.1, 0.15) is 107 Å². The van der Waals surface area contributed by atoms with Crippen molar-refractivity contribution in [1.82, 2.24) is 0 Å². The van der Waals surface area contributed by atoms with Crippen molar-refractivity contribution in [2.75, 3.05) is 6.61 Å². The Hall–Kier alpha value is -1.29. The van der Waals surface area contributed by atoms with Gasteiger partial charge in [-0.3, -0.25) is 0 Å². The van der Waals surface area contributed by atoms with Gasteiger partial charge in [-0.1, -0.05) is 56.5 Å². The first-order valence-corrected chi connectivity index (χ1v) is 12.4. The first-order valence-electron chi connectivity index (χ1n) is 12.4. The molecule has 2 aliphatic rings. The molecule has 2 saturated carbocycles. The molecule has 0 atom stereocenters. The van der Waals surface area contributed by atoms with E-state index in [0.29, 0.717) is 24.0 Å². The smallest absolute Gasteiger partial charge is 0.378 e. The van der Waals surface area contributed by atoms with E-state index in [1.807, 2.05) is 0 Å². The Labute approximate surface area is 186 Å². The summed E-state index contributed by atoms with van der Waals surface area (Å²) in [6.45, 7) is 3.15. The number of ether oxygens (including phenoxy) is 1. The van der Waals surface area contributed by atoms with Gasteiger partial charge in [-0.05, 0) is 86.7 Å². The fourth-order valence-corrected chi connectivity index (χ4v) is 5.27. The van der Waals surface area contributed by atoms with Crippen LogP contribution in [-0.4, -0.2) is 18.9 Å². The van der Waals surface area contributed by atoms with Crippen molar-refractivity contribution in [3.05, 3.63) is 47.5 Å². The standard InChI is InChI=1S/C27H39F3O/c1-2-3-4-5-20-31-26-16-14-25(15-17-26)24-12-10-23(11-13-24)22-8-6-21(7-9-22)18-19-27(28,29)30/h10-13,18-19,21-22,25-26H,2-9,14-17,20H2,1H3/t21-,22-,25-,26-. The molecule has 3 rings (SSSR count). The lowest BCUT2D eigenvalue weighted by Crippen LogP contribution is -2.21. The summed E-state index contributed by atoms with van der Waals surface area (Å²) < 4.78 is 43.2. The molecule has 2 fully saturated rings. The highest BCUT2D eigenvalue weighted by Gasteiger charge is 2.26. The molecule has 0 spiro atoms. The van der Waals surface area contributed by atoms with E-state index in [2.05, 4.69) is 31.2 Å². The van der Waals surface area contributed by atoms with Gasteiger partial charge in [0.15, 0.2) is 0 Å². The van der Waals surface area contributed by atoms with Crippen molar-refractivity contribution in [3.8, 4) is 0 Å². The third-order valence-electron chi connectivity index (χ3n) is 7.23. The van der Waals surface area contributed by atoms with Crippen molar-refractivity contribution in [2.45, 2.75) is 108 Å². The quantitative estimate of drug-likeness (QED) is 0.278. The van der Waals surface area contributed by atoms with E-state index >= 15 is 0 Å². The predicted octanol–water partition coefficient (Wildman–Crippen LogP) is 8.70. The first kappa shape index (κ1) is 24.4. The lowest BCUT2D eigenvalue weighted by molar-refractivity contribution is -0.0803. The molecule has 1 aromatic carbocycles. The number of hydrogen-bond acceptors (Lipinski definition) is 1. The predicted molar refractivity (Wildman–Crippen MR) is 121 cm³/mol. The Morgan fingerprint density at radius 1 is 0.806 bits per heavy atom. The molecule has 0 amide bonds. The molecule has 0 aromatic heterocycles. The van der Waals surface area contributed by atoms with Crippen molar-refractivity contribution in [1.29, 1.82) is 0 Å². The summed E-state index contributed by atoms with van der Waals surface area (Å²) in [5.41, 5.74) is 2.79. The summed E-state index contributed by atoms with van der Waals surface area (Å²) >= 11 is 0. The van der Waals surface area contributed by atoms with Crippen LogP contribution in [0.25, 0.3) is 0 Å². The maximum absolute atomic E-state index is 12.4. The minimum Gasteiger partial charge on any atom is -0.378 e. The van der Waals surface area contributed by atoms with Crippen LogP contribution in [0.4, 0.5) is 13.2 Å². The number of alkyl halides is 3. The molecule has 0 aliphatic heterocycles. The zero-order chi connectivity index (χ0) is 22.1. The zero-order valence-corrected chi connectivity index (χ0v) is 19.0. The Balaban J connectivity index is 1.39. The van der Waals surface area contributed by atoms with E-state index in [1.165, 1.54) is 55.7 Å². The van der Waals surface area contributed by atoms with Crippen LogP contribution >= 0.6 is 0 Å². The summed E-state index contributed by atoms with van der Waals surface area (Å²) in [6.07, 6.45) is 11.5. The minimum absolute atomic E-state index is 0.0706. The van der Waals surface area contributed by atoms with Crippen molar-refractivity contribution < 1.29 is 17.9 Å². The number of allylic oxidation sites excluding steroid dienone is 2. The van der Waals surface area contributed by atoms with E-state index in [9.17, 15) is 13.2 Å². The topological polar surface area (TPSA) is 9.23 Å². The van der Waals surface area contributed by atoms with E-state index in [0.717, 1.165) is 45.1 Å². The Kier molecular flexibility index (Phi) is 9.49. The summed E-state index contributed by atoms with van der Waals surface area (Å²) in [4.78, 5) is 0. The van der Waals surface area contributed by atoms with Crippen LogP contribution in [-0.2, 0) is 4.74 Å².